The zero-order chi connectivity index (χ0) is 50.8. The van der Waals surface area contributed by atoms with Gasteiger partial charge in [0, 0.05) is 39.7 Å². The van der Waals surface area contributed by atoms with Gasteiger partial charge in [0.15, 0.2) is 0 Å². The van der Waals surface area contributed by atoms with E-state index in [9.17, 15) is 0 Å². The van der Waals surface area contributed by atoms with Gasteiger partial charge in [-0.25, -0.2) is 0 Å². The summed E-state index contributed by atoms with van der Waals surface area (Å²) in [5.41, 5.74) is 26.1. The van der Waals surface area contributed by atoms with Gasteiger partial charge in [0.25, 0.3) is 0 Å². The molecule has 4 aliphatic rings. The maximum absolute atomic E-state index is 2.75. The quantitative estimate of drug-likeness (QED) is 0.154. The molecule has 4 heteroatoms. The second-order valence-corrected chi connectivity index (χ2v) is 25.7. The topological polar surface area (TPSA) is 9.72 Å². The molecule has 2 aliphatic heterocycles. The highest BCUT2D eigenvalue weighted by Crippen LogP contribution is 2.54. The molecule has 0 saturated carbocycles. The second-order valence-electron chi connectivity index (χ2n) is 25.7. The third-order valence-corrected chi connectivity index (χ3v) is 16.3. The Labute approximate surface area is 432 Å². The summed E-state index contributed by atoms with van der Waals surface area (Å²) in [5.74, 6) is 0.233. The van der Waals surface area contributed by atoms with E-state index in [4.69, 9.17) is 0 Å². The zero-order valence-electron chi connectivity index (χ0n) is 45.5. The normalized spacial score (nSPS) is 17.9. The molecule has 2 unspecified atom stereocenters. The third-order valence-electron chi connectivity index (χ3n) is 16.3. The summed E-state index contributed by atoms with van der Waals surface area (Å²) in [6, 6.07) is 56.7. The Bertz CT molecular complexity index is 3250. The van der Waals surface area contributed by atoms with Crippen molar-refractivity contribution in [2.45, 2.75) is 127 Å². The number of rotatable bonds is 6. The average molecular weight is 944 g/mol. The molecule has 7 aromatic rings. The van der Waals surface area contributed by atoms with Crippen molar-refractivity contribution in [3.8, 4) is 11.1 Å². The van der Waals surface area contributed by atoms with Gasteiger partial charge in [0.2, 0.25) is 6.71 Å². The molecule has 11 rings (SSSR count). The highest BCUT2D eigenvalue weighted by atomic mass is 15.2. The fraction of sp³-hybridized carbons (Fsp3) is 0.324. The van der Waals surface area contributed by atoms with Crippen LogP contribution in [0.2, 0.25) is 0 Å². The minimum Gasteiger partial charge on any atom is -0.335 e. The van der Waals surface area contributed by atoms with Crippen molar-refractivity contribution in [1.29, 1.82) is 0 Å². The van der Waals surface area contributed by atoms with Gasteiger partial charge < -0.3 is 14.7 Å². The van der Waals surface area contributed by atoms with Crippen molar-refractivity contribution < 1.29 is 0 Å². The van der Waals surface area contributed by atoms with E-state index in [1.54, 1.807) is 0 Å². The minimum atomic E-state index is -0.0402. The first-order chi connectivity index (χ1) is 34.0. The zero-order valence-corrected chi connectivity index (χ0v) is 45.5. The first kappa shape index (κ1) is 47.8. The van der Waals surface area contributed by atoms with Gasteiger partial charge in [-0.3, -0.25) is 0 Å². The van der Waals surface area contributed by atoms with Crippen molar-refractivity contribution in [2.24, 2.45) is 16.7 Å². The van der Waals surface area contributed by atoms with E-state index in [1.807, 2.05) is 0 Å². The SMILES string of the molecule is Cc1ccc(N(c2ccc(C)cc2)c2cc3c4c(c2)N(c2ccc(C(C)(C)C)cc2)C2C(=CC(C(C)(C)C)=CC2C)B4c2cc4c(cc2N3c2ccc(C(C)(C)C)cc2-c2ccccc2)CC(C)(C)C4)cc1. The first-order valence-corrected chi connectivity index (χ1v) is 26.6. The molecule has 0 fully saturated rings. The fourth-order valence-electron chi connectivity index (χ4n) is 12.4. The largest absolute Gasteiger partial charge is 0.335 e. The summed E-state index contributed by atoms with van der Waals surface area (Å²) < 4.78 is 0. The van der Waals surface area contributed by atoms with Crippen LogP contribution in [0.4, 0.5) is 45.5 Å². The van der Waals surface area contributed by atoms with E-state index in [0.29, 0.717) is 0 Å². The number of benzene rings is 7. The average Bonchev–Trinajstić information content (AvgIpc) is 3.64. The highest BCUT2D eigenvalue weighted by molar-refractivity contribution is 6.95. The van der Waals surface area contributed by atoms with E-state index in [0.717, 1.165) is 29.9 Å². The highest BCUT2D eigenvalue weighted by Gasteiger charge is 2.51. The van der Waals surface area contributed by atoms with Crippen LogP contribution in [-0.2, 0) is 23.7 Å². The van der Waals surface area contributed by atoms with Gasteiger partial charge in [-0.2, -0.15) is 0 Å². The number of fused-ring (bicyclic) bond motifs is 5. The van der Waals surface area contributed by atoms with E-state index < -0.39 is 0 Å². The maximum Gasteiger partial charge on any atom is 0.247 e. The molecule has 72 heavy (non-hydrogen) atoms. The Balaban J connectivity index is 1.31. The molecule has 7 aromatic carbocycles. The third kappa shape index (κ3) is 8.33. The number of anilines is 8. The lowest BCUT2D eigenvalue weighted by Gasteiger charge is -2.52. The standard InChI is InChI=1S/C68H74BN3/c1-43-20-27-52(28-21-43)70(53-29-22-44(2)23-30-53)55-39-61-63-62(40-55)72(59-33-26-50(66(7,8)9)37-56(59)46-18-16-15-17-19-46)60-36-48-42-68(13,14)41-47(48)35-57(60)69(63)58-38-51(67(10,11)12)34-45(3)64(58)71(61)54-31-24-49(25-32-54)65(4,5)6/h15-40,45,64H,41-42H2,1-14H3. The van der Waals surface area contributed by atoms with Crippen LogP contribution in [0, 0.1) is 30.6 Å². The first-order valence-electron chi connectivity index (χ1n) is 26.6. The molecule has 3 nitrogen and oxygen atoms in total. The molecule has 0 spiro atoms. The van der Waals surface area contributed by atoms with E-state index in [2.05, 4.69) is 269 Å². The van der Waals surface area contributed by atoms with Gasteiger partial charge in [-0.05, 0) is 165 Å². The molecule has 2 heterocycles. The monoisotopic (exact) mass is 944 g/mol. The molecule has 0 aromatic heterocycles. The van der Waals surface area contributed by atoms with E-state index >= 15 is 0 Å². The predicted octanol–water partition coefficient (Wildman–Crippen LogP) is 17.2. The second kappa shape index (κ2) is 17.0. The van der Waals surface area contributed by atoms with Gasteiger partial charge in [-0.1, -0.05) is 191 Å². The molecule has 0 N–H and O–H groups in total. The van der Waals surface area contributed by atoms with Crippen molar-refractivity contribution in [1.82, 2.24) is 0 Å². The van der Waals surface area contributed by atoms with Crippen LogP contribution >= 0.6 is 0 Å². The van der Waals surface area contributed by atoms with Crippen molar-refractivity contribution in [3.05, 3.63) is 202 Å². The van der Waals surface area contributed by atoms with Gasteiger partial charge in [0.05, 0.1) is 17.4 Å². The smallest absolute Gasteiger partial charge is 0.247 e. The Morgan fingerprint density at radius 1 is 0.556 bits per heavy atom. The molecule has 2 aliphatic carbocycles. The van der Waals surface area contributed by atoms with Crippen molar-refractivity contribution in [2.75, 3.05) is 14.7 Å². The number of allylic oxidation sites excluding steroid dienone is 2. The maximum atomic E-state index is 2.75. The van der Waals surface area contributed by atoms with Crippen LogP contribution < -0.4 is 25.6 Å². The molecular formula is C68H74BN3. The molecule has 364 valence electrons. The summed E-state index contributed by atoms with van der Waals surface area (Å²) in [7, 11) is 0. The lowest BCUT2D eigenvalue weighted by molar-refractivity contribution is 0.392. The van der Waals surface area contributed by atoms with Crippen LogP contribution in [0.1, 0.15) is 116 Å². The van der Waals surface area contributed by atoms with Gasteiger partial charge in [0.1, 0.15) is 0 Å². The van der Waals surface area contributed by atoms with Crippen LogP contribution in [0.3, 0.4) is 0 Å². The molecule has 0 bridgehead atoms. The Hall–Kier alpha value is -6.52. The van der Waals surface area contributed by atoms with Crippen LogP contribution in [0.5, 0.6) is 0 Å². The number of hydrogen-bond acceptors (Lipinski definition) is 3. The summed E-state index contributed by atoms with van der Waals surface area (Å²) in [4.78, 5) is 7.95. The number of hydrogen-bond donors (Lipinski definition) is 0. The molecule has 0 radical (unpaired) electrons. The summed E-state index contributed by atoms with van der Waals surface area (Å²) in [6.45, 7) is 33.0. The van der Waals surface area contributed by atoms with E-state index in [1.165, 1.54) is 94.9 Å². The molecule has 2 atom stereocenters. The van der Waals surface area contributed by atoms with Crippen LogP contribution in [-0.4, -0.2) is 12.8 Å². The Morgan fingerprint density at radius 3 is 1.71 bits per heavy atom. The number of aryl methyl sites for hydroxylation is 2. The van der Waals surface area contributed by atoms with Gasteiger partial charge in [-0.15, -0.1) is 0 Å². The number of nitrogens with zero attached hydrogens (tertiary/aromatic N) is 3. The van der Waals surface area contributed by atoms with Crippen LogP contribution in [0.15, 0.2) is 169 Å². The van der Waals surface area contributed by atoms with Gasteiger partial charge >= 0.3 is 0 Å². The minimum absolute atomic E-state index is 0.0220. The summed E-state index contributed by atoms with van der Waals surface area (Å²) in [5, 5.41) is 0. The van der Waals surface area contributed by atoms with Crippen molar-refractivity contribution >= 4 is 63.1 Å². The lowest BCUT2D eigenvalue weighted by Crippen LogP contribution is -2.62. The molecule has 0 amide bonds. The summed E-state index contributed by atoms with van der Waals surface area (Å²) in [6.07, 6.45) is 7.38. The predicted molar refractivity (Wildman–Crippen MR) is 311 cm³/mol. The Kier molecular flexibility index (Phi) is 11.3. The van der Waals surface area contributed by atoms with Crippen molar-refractivity contribution in [3.63, 3.8) is 0 Å². The molecule has 0 saturated heterocycles. The Morgan fingerprint density at radius 2 is 1.12 bits per heavy atom. The van der Waals surface area contributed by atoms with E-state index in [-0.39, 0.29) is 40.3 Å². The lowest BCUT2D eigenvalue weighted by atomic mass is 9.30. The molecular weight excluding hydrogens is 870 g/mol. The fourth-order valence-corrected chi connectivity index (χ4v) is 12.4. The van der Waals surface area contributed by atoms with Crippen LogP contribution in [0.25, 0.3) is 11.1 Å². The summed E-state index contributed by atoms with van der Waals surface area (Å²) >= 11 is 0.